The van der Waals surface area contributed by atoms with Gasteiger partial charge in [-0.3, -0.25) is 43.3 Å². The first-order valence-corrected chi connectivity index (χ1v) is 29.0. The summed E-state index contributed by atoms with van der Waals surface area (Å²) < 4.78 is 47.3. The van der Waals surface area contributed by atoms with E-state index in [0.29, 0.717) is 34.4 Å². The van der Waals surface area contributed by atoms with Crippen molar-refractivity contribution in [2.45, 2.75) is 191 Å². The van der Waals surface area contributed by atoms with Crippen LogP contribution in [0.3, 0.4) is 0 Å². The van der Waals surface area contributed by atoms with E-state index in [4.69, 9.17) is 25.5 Å². The molecular formula is C54H79N13O16S. The minimum Gasteiger partial charge on any atom is -0.487 e. The number of aliphatic hydroxyl groups is 3. The molecule has 5 rings (SSSR count). The van der Waals surface area contributed by atoms with Crippen LogP contribution in [0, 0.1) is 20.8 Å². The third kappa shape index (κ3) is 18.7. The number of sulfonamides is 1. The highest BCUT2D eigenvalue weighted by atomic mass is 32.2. The van der Waals surface area contributed by atoms with Crippen LogP contribution in [0.1, 0.15) is 108 Å². The summed E-state index contributed by atoms with van der Waals surface area (Å²) in [4.78, 5) is 116. The molecule has 3 aliphatic rings. The van der Waals surface area contributed by atoms with E-state index in [1.54, 1.807) is 71.9 Å². The van der Waals surface area contributed by atoms with Crippen LogP contribution in [0.4, 0.5) is 0 Å². The molecule has 0 bridgehead atoms. The van der Waals surface area contributed by atoms with Gasteiger partial charge < -0.3 is 72.5 Å². The molecule has 2 fully saturated rings. The highest BCUT2D eigenvalue weighted by molar-refractivity contribution is 7.90. The minimum atomic E-state index is -4.29. The van der Waals surface area contributed by atoms with Crippen LogP contribution < -0.4 is 52.4 Å². The first kappa shape index (κ1) is 67.2. The van der Waals surface area contributed by atoms with Gasteiger partial charge in [0.15, 0.2) is 6.10 Å². The molecule has 0 radical (unpaired) electrons. The number of aliphatic imine (C=N–C) groups is 1. The second-order valence-electron chi connectivity index (χ2n) is 22.6. The molecule has 2 aromatic rings. The van der Waals surface area contributed by atoms with Crippen LogP contribution in [-0.2, 0) is 70.7 Å². The smallest absolute Gasteiger partial charge is 0.308 e. The zero-order valence-corrected chi connectivity index (χ0v) is 49.4. The number of guanidine groups is 1. The zero-order valence-electron chi connectivity index (χ0n) is 48.6. The van der Waals surface area contributed by atoms with Crippen LogP contribution in [0.5, 0.6) is 5.75 Å². The van der Waals surface area contributed by atoms with Crippen molar-refractivity contribution in [2.75, 3.05) is 26.2 Å². The molecule has 0 aliphatic carbocycles. The van der Waals surface area contributed by atoms with Gasteiger partial charge in [0.2, 0.25) is 41.4 Å². The standard InChI is InChI=1S/C54H79N13O16S/c1-27-28(2)45(29(3)32-24-54(8,9)83-43(27)32)84(79,80)66-52(55)58-21-15-19-34-47(74)61-30(4)46(73)64-36(23-39(69)82-53(5,6)7)50(77)65-35(22-31-16-11-10-12-17-31)49(76)63-33(48(75)62-34)18-13-14-20-57-51(78)44-42(72)41(71)40(70)37(81-44)25-59-38(68)26-60-67-56/h10-12,16-17,30,33-37,40-42,44,70-72H,13-15,18-26H2,1-9H3,(H,57,78)(H,59,68)(H,61,74)(H,62,75)(H,63,76)(H,64,73)(H,65,77)(H3,55,58,66)/t30-,33-,34-,35+,36-,37?,40?,41?,42?,44?/m0/s1. The number of benzene rings is 2. The minimum absolute atomic E-state index is 0.0156. The van der Waals surface area contributed by atoms with Crippen molar-refractivity contribution < 1.29 is 76.3 Å². The Labute approximate surface area is 486 Å². The maximum Gasteiger partial charge on any atom is 0.308 e. The Hall–Kier alpha value is -7.63. The predicted octanol–water partition coefficient (Wildman–Crippen LogP) is -1.31. The van der Waals surface area contributed by atoms with Crippen LogP contribution in [-0.4, -0.2) is 175 Å². The van der Waals surface area contributed by atoms with Gasteiger partial charge in [-0.15, -0.1) is 0 Å². The number of azide groups is 1. The summed E-state index contributed by atoms with van der Waals surface area (Å²) in [6, 6.07) is 1.11. The Balaban J connectivity index is 1.39. The molecular weight excluding hydrogens is 1120 g/mol. The number of amides is 7. The Kier molecular flexibility index (Phi) is 23.4. The van der Waals surface area contributed by atoms with Gasteiger partial charge in [-0.2, -0.15) is 0 Å². The number of carbonyl (C=O) groups excluding carboxylic acids is 8. The number of hydrogen-bond donors (Lipinski definition) is 12. The SMILES string of the molecule is Cc1c(C)c(S(=O)(=O)NC(N)=NCCC[C@@H]2NC(=O)[C@H](CCCCNC(=O)C3OC(CNC(=O)CN=[N+]=[N-])C(O)C(O)C3O)NC(=O)[C@@H](Cc3ccccc3)NC(=O)[C@H](CC(=O)OC(C)(C)C)NC(=O)[C@H](C)NC2=O)c(C)c2c1OC(C)(C)C2. The lowest BCUT2D eigenvalue weighted by molar-refractivity contribution is -0.219. The van der Waals surface area contributed by atoms with E-state index in [2.05, 4.69) is 57.0 Å². The molecule has 0 spiro atoms. The number of nitrogens with zero attached hydrogens (tertiary/aromatic N) is 4. The van der Waals surface area contributed by atoms with Gasteiger partial charge in [-0.25, -0.2) is 13.1 Å². The van der Waals surface area contributed by atoms with Gasteiger partial charge in [-0.1, -0.05) is 35.4 Å². The second kappa shape index (κ2) is 29.3. The van der Waals surface area contributed by atoms with Crippen molar-refractivity contribution in [1.82, 2.24) is 41.9 Å². The van der Waals surface area contributed by atoms with Crippen LogP contribution >= 0.6 is 0 Å². The number of nitrogens with one attached hydrogen (secondary N) is 8. The summed E-state index contributed by atoms with van der Waals surface area (Å²) in [5.74, 6) is -6.94. The highest BCUT2D eigenvalue weighted by Gasteiger charge is 2.47. The van der Waals surface area contributed by atoms with Gasteiger partial charge in [-0.05, 0) is 122 Å². The van der Waals surface area contributed by atoms with Crippen molar-refractivity contribution in [3.63, 3.8) is 0 Å². The summed E-state index contributed by atoms with van der Waals surface area (Å²) >= 11 is 0. The summed E-state index contributed by atoms with van der Waals surface area (Å²) in [5.41, 5.74) is 16.0. The number of fused-ring (bicyclic) bond motifs is 1. The Morgan fingerprint density at radius 2 is 1.40 bits per heavy atom. The predicted molar refractivity (Wildman–Crippen MR) is 302 cm³/mol. The number of nitrogens with two attached hydrogens (primary N) is 1. The second-order valence-corrected chi connectivity index (χ2v) is 24.2. The quantitative estimate of drug-likeness (QED) is 0.0139. The third-order valence-corrected chi connectivity index (χ3v) is 15.7. The normalized spacial score (nSPS) is 25.0. The van der Waals surface area contributed by atoms with Crippen molar-refractivity contribution in [3.05, 3.63) is 68.6 Å². The number of carbonyl (C=O) groups is 8. The molecule has 3 heterocycles. The molecule has 30 heteroatoms. The summed E-state index contributed by atoms with van der Waals surface area (Å²) in [6.07, 6.45) is -9.15. The van der Waals surface area contributed by atoms with E-state index in [9.17, 15) is 62.1 Å². The van der Waals surface area contributed by atoms with Gasteiger partial charge >= 0.3 is 5.97 Å². The number of esters is 1. The van der Waals surface area contributed by atoms with Crippen molar-refractivity contribution in [2.24, 2.45) is 15.8 Å². The summed E-state index contributed by atoms with van der Waals surface area (Å²) in [6.45, 7) is 13.7. The van der Waals surface area contributed by atoms with E-state index < -0.39 is 155 Å². The molecule has 2 saturated heterocycles. The van der Waals surface area contributed by atoms with Crippen LogP contribution in [0.25, 0.3) is 10.4 Å². The molecule has 2 aromatic carbocycles. The lowest BCUT2D eigenvalue weighted by Gasteiger charge is -2.39. The topological polar surface area (TPSA) is 442 Å². The molecule has 13 N–H and O–H groups in total. The van der Waals surface area contributed by atoms with Gasteiger partial charge in [0.05, 0.1) is 11.3 Å². The zero-order chi connectivity index (χ0) is 62.4. The van der Waals surface area contributed by atoms with Crippen molar-refractivity contribution in [3.8, 4) is 5.75 Å². The molecule has 84 heavy (non-hydrogen) atoms. The number of unbranched alkanes of at least 4 members (excludes halogenated alkanes) is 1. The van der Waals surface area contributed by atoms with E-state index in [0.717, 1.165) is 5.56 Å². The Morgan fingerprint density at radius 3 is 2.05 bits per heavy atom. The van der Waals surface area contributed by atoms with Gasteiger partial charge in [0, 0.05) is 43.0 Å². The van der Waals surface area contributed by atoms with Crippen molar-refractivity contribution >= 4 is 63.3 Å². The van der Waals surface area contributed by atoms with Gasteiger partial charge in [0.1, 0.15) is 78.1 Å². The van der Waals surface area contributed by atoms with E-state index in [1.165, 1.54) is 6.92 Å². The van der Waals surface area contributed by atoms with Crippen LogP contribution in [0.2, 0.25) is 0 Å². The number of hydrogen-bond acceptors (Lipinski definition) is 18. The lowest BCUT2D eigenvalue weighted by atomic mass is 9.94. The molecule has 0 saturated carbocycles. The monoisotopic (exact) mass is 1200 g/mol. The number of aliphatic hydroxyl groups excluding tert-OH is 3. The van der Waals surface area contributed by atoms with Crippen molar-refractivity contribution in [1.29, 1.82) is 0 Å². The van der Waals surface area contributed by atoms with E-state index in [1.807, 2.05) is 13.8 Å². The fraction of sp³-hybridized carbons (Fsp3) is 0.611. The lowest BCUT2D eigenvalue weighted by Crippen LogP contribution is -2.63. The fourth-order valence-electron chi connectivity index (χ4n) is 9.70. The van der Waals surface area contributed by atoms with Crippen LogP contribution in [0.15, 0.2) is 45.3 Å². The first-order chi connectivity index (χ1) is 39.3. The van der Waals surface area contributed by atoms with E-state index in [-0.39, 0.29) is 56.5 Å². The summed E-state index contributed by atoms with van der Waals surface area (Å²) in [7, 11) is -4.29. The highest BCUT2D eigenvalue weighted by Crippen LogP contribution is 2.43. The Morgan fingerprint density at radius 1 is 0.810 bits per heavy atom. The average Bonchev–Trinajstić information content (AvgIpc) is 1.72. The molecule has 29 nitrogen and oxygen atoms in total. The molecule has 3 aliphatic heterocycles. The van der Waals surface area contributed by atoms with E-state index >= 15 is 0 Å². The molecule has 5 unspecified atom stereocenters. The molecule has 10 atom stereocenters. The fourth-order valence-corrected chi connectivity index (χ4v) is 11.2. The maximum atomic E-state index is 14.5. The molecule has 7 amide bonds. The summed E-state index contributed by atoms with van der Waals surface area (Å²) in [5, 5.41) is 52.7. The average molecular weight is 1200 g/mol. The first-order valence-electron chi connectivity index (χ1n) is 27.5. The Bertz CT molecular complexity index is 2970. The maximum absolute atomic E-state index is 14.5. The molecule has 462 valence electrons. The largest absolute Gasteiger partial charge is 0.487 e. The number of ether oxygens (including phenoxy) is 3. The third-order valence-electron chi connectivity index (χ3n) is 14.1. The number of rotatable bonds is 20. The van der Waals surface area contributed by atoms with Gasteiger partial charge in [0.25, 0.3) is 15.9 Å². The molecule has 0 aromatic heterocycles.